The summed E-state index contributed by atoms with van der Waals surface area (Å²) in [6.07, 6.45) is 0.923. The van der Waals surface area contributed by atoms with Crippen molar-refractivity contribution in [3.8, 4) is 5.75 Å². The smallest absolute Gasteiger partial charge is 0.255 e. The van der Waals surface area contributed by atoms with Gasteiger partial charge in [0, 0.05) is 32.6 Å². The van der Waals surface area contributed by atoms with Crippen LogP contribution in [0.25, 0.3) is 0 Å². The Morgan fingerprint density at radius 1 is 1.11 bits per heavy atom. The fraction of sp³-hybridized carbons (Fsp3) is 0.455. The zero-order chi connectivity index (χ0) is 18.9. The van der Waals surface area contributed by atoms with Crippen LogP contribution in [0.2, 0.25) is 0 Å². The Labute approximate surface area is 159 Å². The number of ether oxygens (including phenoxy) is 1. The predicted octanol–water partition coefficient (Wildman–Crippen LogP) is 4.00. The fourth-order valence-corrected chi connectivity index (χ4v) is 3.68. The zero-order valence-electron chi connectivity index (χ0n) is 15.7. The third kappa shape index (κ3) is 4.47. The van der Waals surface area contributed by atoms with E-state index in [1.54, 1.807) is 0 Å². The average molecular weight is 372 g/mol. The number of nitrogens with zero attached hydrogens (tertiary/aromatic N) is 1. The first-order valence-corrected chi connectivity index (χ1v) is 9.61. The van der Waals surface area contributed by atoms with Crippen LogP contribution in [0.1, 0.15) is 28.7 Å². The first-order valence-electron chi connectivity index (χ1n) is 9.61. The van der Waals surface area contributed by atoms with Crippen molar-refractivity contribution in [2.24, 2.45) is 5.92 Å². The van der Waals surface area contributed by atoms with Crippen LogP contribution in [-0.2, 0) is 26.1 Å². The van der Waals surface area contributed by atoms with Gasteiger partial charge in [-0.1, -0.05) is 30.3 Å². The lowest BCUT2D eigenvalue weighted by atomic mass is 9.99. The van der Waals surface area contributed by atoms with E-state index in [1.807, 2.05) is 19.2 Å². The second-order valence-electron chi connectivity index (χ2n) is 7.71. The number of alkyl halides is 2. The molecule has 0 amide bonds. The molecule has 0 spiro atoms. The highest BCUT2D eigenvalue weighted by molar-refractivity contribution is 5.37. The molecule has 1 saturated carbocycles. The summed E-state index contributed by atoms with van der Waals surface area (Å²) in [5.41, 5.74) is 5.19. The molecular weight excluding hydrogens is 346 g/mol. The fourth-order valence-electron chi connectivity index (χ4n) is 3.68. The quantitative estimate of drug-likeness (QED) is 0.795. The Hall–Kier alpha value is -1.98. The Bertz CT molecular complexity index is 791. The number of hydrogen-bond acceptors (Lipinski definition) is 3. The number of fused-ring (bicyclic) bond motifs is 1. The summed E-state index contributed by atoms with van der Waals surface area (Å²) in [7, 11) is 1.96. The van der Waals surface area contributed by atoms with E-state index in [0.717, 1.165) is 32.6 Å². The molecule has 0 saturated heterocycles. The predicted molar refractivity (Wildman–Crippen MR) is 102 cm³/mol. The molecule has 1 heterocycles. The third-order valence-electron chi connectivity index (χ3n) is 5.49. The highest BCUT2D eigenvalue weighted by atomic mass is 19.3. The van der Waals surface area contributed by atoms with Crippen molar-refractivity contribution in [3.05, 3.63) is 64.7 Å². The van der Waals surface area contributed by atoms with Gasteiger partial charge in [0.2, 0.25) is 0 Å². The summed E-state index contributed by atoms with van der Waals surface area (Å²) >= 11 is 0. The van der Waals surface area contributed by atoms with Gasteiger partial charge >= 0.3 is 0 Å². The number of nitrogens with one attached hydrogen (secondary N) is 1. The Morgan fingerprint density at radius 3 is 2.56 bits per heavy atom. The molecule has 1 aliphatic heterocycles. The van der Waals surface area contributed by atoms with E-state index in [1.165, 1.54) is 22.3 Å². The lowest BCUT2D eigenvalue weighted by Gasteiger charge is -2.29. The summed E-state index contributed by atoms with van der Waals surface area (Å²) in [6, 6.07) is 14.8. The minimum Gasteiger partial charge on any atom is -0.493 e. The van der Waals surface area contributed by atoms with E-state index < -0.39 is 11.8 Å². The van der Waals surface area contributed by atoms with Crippen LogP contribution < -0.4 is 10.1 Å². The molecule has 1 unspecified atom stereocenters. The van der Waals surface area contributed by atoms with Gasteiger partial charge in [0.05, 0.1) is 12.5 Å². The van der Waals surface area contributed by atoms with E-state index in [-0.39, 0.29) is 13.0 Å². The van der Waals surface area contributed by atoms with Crippen LogP contribution in [0.15, 0.2) is 42.5 Å². The van der Waals surface area contributed by atoms with Crippen molar-refractivity contribution in [3.63, 3.8) is 0 Å². The summed E-state index contributed by atoms with van der Waals surface area (Å²) in [5, 5.41) is 3.17. The maximum atomic E-state index is 13.0. The van der Waals surface area contributed by atoms with E-state index in [0.29, 0.717) is 5.75 Å². The molecule has 5 heteroatoms. The average Bonchev–Trinajstić information content (AvgIpc) is 3.28. The molecule has 2 aromatic rings. The molecular formula is C22H26F2N2O. The highest BCUT2D eigenvalue weighted by Crippen LogP contribution is 2.48. The Balaban J connectivity index is 1.33. The molecule has 4 rings (SSSR count). The summed E-state index contributed by atoms with van der Waals surface area (Å²) < 4.78 is 31.5. The Kier molecular flexibility index (Phi) is 5.15. The second-order valence-corrected chi connectivity index (χ2v) is 7.71. The monoisotopic (exact) mass is 372 g/mol. The third-order valence-corrected chi connectivity index (χ3v) is 5.49. The van der Waals surface area contributed by atoms with E-state index >= 15 is 0 Å². The normalized spacial score (nSPS) is 20.9. The lowest BCUT2D eigenvalue weighted by molar-refractivity contribution is 0.0856. The summed E-state index contributed by atoms with van der Waals surface area (Å²) in [4.78, 5) is 2.45. The van der Waals surface area contributed by atoms with Crippen LogP contribution in [0.3, 0.4) is 0 Å². The van der Waals surface area contributed by atoms with Crippen molar-refractivity contribution >= 4 is 0 Å². The standard InChI is InChI=1S/C22H26F2N2O/c1-25-12-16-2-4-17(5-3-16)13-26-9-8-18-10-21(7-6-19(18)14-26)27-15-20-11-22(20,23)24/h2-7,10,20,25H,8-9,11-15H2,1H3. The minimum atomic E-state index is -2.51. The van der Waals surface area contributed by atoms with Crippen molar-refractivity contribution < 1.29 is 13.5 Å². The molecule has 1 aliphatic carbocycles. The van der Waals surface area contributed by atoms with Gasteiger partial charge < -0.3 is 10.1 Å². The molecule has 144 valence electrons. The van der Waals surface area contributed by atoms with Gasteiger partial charge in [-0.3, -0.25) is 4.90 Å². The largest absolute Gasteiger partial charge is 0.493 e. The summed E-state index contributed by atoms with van der Waals surface area (Å²) in [5.74, 6) is -2.41. The number of hydrogen-bond donors (Lipinski definition) is 1. The molecule has 1 atom stereocenters. The van der Waals surface area contributed by atoms with E-state index in [9.17, 15) is 8.78 Å². The van der Waals surface area contributed by atoms with Gasteiger partial charge in [-0.05, 0) is 47.9 Å². The maximum Gasteiger partial charge on any atom is 0.255 e. The topological polar surface area (TPSA) is 24.5 Å². The van der Waals surface area contributed by atoms with Crippen molar-refractivity contribution in [2.75, 3.05) is 20.2 Å². The van der Waals surface area contributed by atoms with Crippen LogP contribution >= 0.6 is 0 Å². The van der Waals surface area contributed by atoms with Crippen molar-refractivity contribution in [1.82, 2.24) is 10.2 Å². The first kappa shape index (κ1) is 18.4. The molecule has 3 nitrogen and oxygen atoms in total. The van der Waals surface area contributed by atoms with Gasteiger partial charge in [-0.25, -0.2) is 8.78 Å². The highest BCUT2D eigenvalue weighted by Gasteiger charge is 2.57. The second kappa shape index (κ2) is 7.56. The van der Waals surface area contributed by atoms with E-state index in [4.69, 9.17) is 4.74 Å². The van der Waals surface area contributed by atoms with Crippen molar-refractivity contribution in [2.45, 2.75) is 38.4 Å². The Morgan fingerprint density at radius 2 is 1.85 bits per heavy atom. The van der Waals surface area contributed by atoms with Gasteiger partial charge in [0.25, 0.3) is 5.92 Å². The maximum absolute atomic E-state index is 13.0. The molecule has 0 aromatic heterocycles. The summed E-state index contributed by atoms with van der Waals surface area (Å²) in [6.45, 7) is 3.85. The molecule has 1 fully saturated rings. The number of rotatable bonds is 7. The first-order chi connectivity index (χ1) is 13.0. The molecule has 2 aliphatic rings. The van der Waals surface area contributed by atoms with Crippen LogP contribution in [0.4, 0.5) is 8.78 Å². The van der Waals surface area contributed by atoms with Gasteiger partial charge in [-0.15, -0.1) is 0 Å². The SMILES string of the molecule is CNCc1ccc(CN2CCc3cc(OCC4CC4(F)F)ccc3C2)cc1. The van der Waals surface area contributed by atoms with Gasteiger partial charge in [-0.2, -0.15) is 0 Å². The van der Waals surface area contributed by atoms with Gasteiger partial charge in [0.15, 0.2) is 0 Å². The molecule has 1 N–H and O–H groups in total. The molecule has 2 aromatic carbocycles. The minimum absolute atomic E-state index is 0.0389. The molecule has 0 bridgehead atoms. The van der Waals surface area contributed by atoms with E-state index in [2.05, 4.69) is 40.5 Å². The van der Waals surface area contributed by atoms with Crippen LogP contribution in [-0.4, -0.2) is 31.0 Å². The zero-order valence-corrected chi connectivity index (χ0v) is 15.7. The van der Waals surface area contributed by atoms with Crippen LogP contribution in [0, 0.1) is 5.92 Å². The van der Waals surface area contributed by atoms with Crippen molar-refractivity contribution in [1.29, 1.82) is 0 Å². The molecule has 27 heavy (non-hydrogen) atoms. The molecule has 0 radical (unpaired) electrons. The van der Waals surface area contributed by atoms with Gasteiger partial charge in [0.1, 0.15) is 5.75 Å². The van der Waals surface area contributed by atoms with Crippen LogP contribution in [0.5, 0.6) is 5.75 Å². The number of benzene rings is 2. The number of halogens is 2. The lowest BCUT2D eigenvalue weighted by Crippen LogP contribution is -2.30.